The second kappa shape index (κ2) is 10.6. The summed E-state index contributed by atoms with van der Waals surface area (Å²) in [6.45, 7) is 16.8. The first-order valence-electron chi connectivity index (χ1n) is 13.0. The van der Waals surface area contributed by atoms with E-state index in [1.165, 1.54) is 69.4 Å². The number of rotatable bonds is 7. The van der Waals surface area contributed by atoms with Crippen LogP contribution < -0.4 is 9.80 Å². The number of hydrogen-bond acceptors (Lipinski definition) is 4. The molecular weight excluding hydrogens is 382 g/mol. The third-order valence-electron chi connectivity index (χ3n) is 7.98. The van der Waals surface area contributed by atoms with E-state index in [2.05, 4.69) is 53.7 Å². The minimum atomic E-state index is 0.521. The fourth-order valence-electron chi connectivity index (χ4n) is 5.77. The Labute approximate surface area is 190 Å². The highest BCUT2D eigenvalue weighted by Crippen LogP contribution is 2.45. The molecule has 4 nitrogen and oxygen atoms in total. The second-order valence-electron chi connectivity index (χ2n) is 10.8. The van der Waals surface area contributed by atoms with Gasteiger partial charge in [-0.25, -0.2) is 0 Å². The summed E-state index contributed by atoms with van der Waals surface area (Å²) in [6, 6.07) is 7.47. The molecule has 4 heteroatoms. The van der Waals surface area contributed by atoms with Gasteiger partial charge in [0.15, 0.2) is 0 Å². The van der Waals surface area contributed by atoms with Crippen molar-refractivity contribution in [1.82, 2.24) is 4.90 Å². The van der Waals surface area contributed by atoms with E-state index in [4.69, 9.17) is 4.74 Å². The zero-order valence-corrected chi connectivity index (χ0v) is 20.4. The van der Waals surface area contributed by atoms with Gasteiger partial charge in [-0.3, -0.25) is 4.90 Å². The SMILES string of the molecule is CCOCCN1CCN(c2ccc(N3CCCCC3)cc2C2CCC(C)(C)CC2)CC1. The van der Waals surface area contributed by atoms with Crippen molar-refractivity contribution in [3.63, 3.8) is 0 Å². The molecule has 2 aliphatic heterocycles. The normalized spacial score (nSPS) is 23.3. The lowest BCUT2D eigenvalue weighted by molar-refractivity contribution is 0.111. The van der Waals surface area contributed by atoms with Crippen molar-refractivity contribution in [2.45, 2.75) is 71.6 Å². The van der Waals surface area contributed by atoms with Gasteiger partial charge in [0.25, 0.3) is 0 Å². The van der Waals surface area contributed by atoms with Gasteiger partial charge in [0.2, 0.25) is 0 Å². The summed E-state index contributed by atoms with van der Waals surface area (Å²) in [6.07, 6.45) is 9.49. The number of anilines is 2. The van der Waals surface area contributed by atoms with Gasteiger partial charge < -0.3 is 14.5 Å². The van der Waals surface area contributed by atoms with Gasteiger partial charge in [0.1, 0.15) is 0 Å². The van der Waals surface area contributed by atoms with E-state index in [0.29, 0.717) is 5.41 Å². The van der Waals surface area contributed by atoms with Crippen molar-refractivity contribution >= 4 is 11.4 Å². The third-order valence-corrected chi connectivity index (χ3v) is 7.98. The first kappa shape index (κ1) is 22.9. The Hall–Kier alpha value is -1.26. The molecular formula is C27H45N3O. The van der Waals surface area contributed by atoms with Crippen LogP contribution in [0.25, 0.3) is 0 Å². The van der Waals surface area contributed by atoms with Gasteiger partial charge in [0, 0.05) is 63.8 Å². The Morgan fingerprint density at radius 2 is 1.61 bits per heavy atom. The fraction of sp³-hybridized carbons (Fsp3) is 0.778. The molecule has 4 rings (SSSR count). The van der Waals surface area contributed by atoms with E-state index in [9.17, 15) is 0 Å². The molecule has 31 heavy (non-hydrogen) atoms. The van der Waals surface area contributed by atoms with Crippen LogP contribution in [0.5, 0.6) is 0 Å². The lowest BCUT2D eigenvalue weighted by atomic mass is 9.71. The topological polar surface area (TPSA) is 19.0 Å². The molecule has 2 saturated heterocycles. The summed E-state index contributed by atoms with van der Waals surface area (Å²) < 4.78 is 5.57. The highest BCUT2D eigenvalue weighted by atomic mass is 16.5. The second-order valence-corrected chi connectivity index (χ2v) is 10.8. The fourth-order valence-corrected chi connectivity index (χ4v) is 5.77. The van der Waals surface area contributed by atoms with Crippen molar-refractivity contribution in [3.05, 3.63) is 23.8 Å². The molecule has 1 aromatic carbocycles. The number of piperidine rings is 1. The largest absolute Gasteiger partial charge is 0.380 e. The first-order chi connectivity index (χ1) is 15.1. The van der Waals surface area contributed by atoms with E-state index in [1.54, 1.807) is 5.56 Å². The zero-order chi connectivity index (χ0) is 21.7. The smallest absolute Gasteiger partial charge is 0.0593 e. The monoisotopic (exact) mass is 427 g/mol. The minimum Gasteiger partial charge on any atom is -0.380 e. The van der Waals surface area contributed by atoms with Gasteiger partial charge >= 0.3 is 0 Å². The predicted molar refractivity (Wildman–Crippen MR) is 133 cm³/mol. The van der Waals surface area contributed by atoms with Crippen LogP contribution in [0.3, 0.4) is 0 Å². The maximum absolute atomic E-state index is 5.57. The average Bonchev–Trinajstić information content (AvgIpc) is 2.80. The van der Waals surface area contributed by atoms with E-state index in [-0.39, 0.29) is 0 Å². The highest BCUT2D eigenvalue weighted by molar-refractivity contribution is 5.63. The molecule has 1 saturated carbocycles. The molecule has 0 aromatic heterocycles. The molecule has 0 bridgehead atoms. The summed E-state index contributed by atoms with van der Waals surface area (Å²) >= 11 is 0. The van der Waals surface area contributed by atoms with Crippen LogP contribution in [0.1, 0.15) is 77.2 Å². The minimum absolute atomic E-state index is 0.521. The summed E-state index contributed by atoms with van der Waals surface area (Å²) in [5.41, 5.74) is 5.16. The molecule has 1 aliphatic carbocycles. The quantitative estimate of drug-likeness (QED) is 0.533. The Kier molecular flexibility index (Phi) is 7.81. The lowest BCUT2D eigenvalue weighted by Gasteiger charge is -2.40. The summed E-state index contributed by atoms with van der Waals surface area (Å²) in [5, 5.41) is 0. The molecule has 0 N–H and O–H groups in total. The van der Waals surface area contributed by atoms with E-state index >= 15 is 0 Å². The summed E-state index contributed by atoms with van der Waals surface area (Å²) in [4.78, 5) is 7.87. The van der Waals surface area contributed by atoms with Crippen molar-refractivity contribution in [1.29, 1.82) is 0 Å². The standard InChI is InChI=1S/C27H45N3O/c1-4-31-21-20-28-16-18-30(19-17-28)26-9-8-24(29-14-6-5-7-15-29)22-25(26)23-10-12-27(2,3)13-11-23/h8-9,22-23H,4-7,10-21H2,1-3H3. The van der Waals surface area contributed by atoms with Crippen LogP contribution in [-0.4, -0.2) is 63.9 Å². The number of ether oxygens (including phenoxy) is 1. The van der Waals surface area contributed by atoms with Gasteiger partial charge in [0.05, 0.1) is 6.61 Å². The maximum atomic E-state index is 5.57. The number of nitrogens with zero attached hydrogens (tertiary/aromatic N) is 3. The van der Waals surface area contributed by atoms with Crippen molar-refractivity contribution in [2.75, 3.05) is 68.8 Å². The summed E-state index contributed by atoms with van der Waals surface area (Å²) in [5.74, 6) is 0.726. The van der Waals surface area contributed by atoms with Gasteiger partial charge in [-0.15, -0.1) is 0 Å². The number of hydrogen-bond donors (Lipinski definition) is 0. The van der Waals surface area contributed by atoms with Crippen LogP contribution in [0.2, 0.25) is 0 Å². The molecule has 2 heterocycles. The molecule has 1 aromatic rings. The highest BCUT2D eigenvalue weighted by Gasteiger charge is 2.30. The van der Waals surface area contributed by atoms with Crippen LogP contribution in [0, 0.1) is 5.41 Å². The van der Waals surface area contributed by atoms with Gasteiger partial charge in [-0.2, -0.15) is 0 Å². The average molecular weight is 428 g/mol. The molecule has 0 unspecified atom stereocenters. The third kappa shape index (κ3) is 5.96. The Bertz CT molecular complexity index is 680. The Morgan fingerprint density at radius 3 is 2.29 bits per heavy atom. The van der Waals surface area contributed by atoms with E-state index in [1.807, 2.05) is 0 Å². The zero-order valence-electron chi connectivity index (χ0n) is 20.4. The van der Waals surface area contributed by atoms with Crippen LogP contribution >= 0.6 is 0 Å². The van der Waals surface area contributed by atoms with Crippen molar-refractivity contribution < 1.29 is 4.74 Å². The van der Waals surface area contributed by atoms with Crippen molar-refractivity contribution in [2.24, 2.45) is 5.41 Å². The van der Waals surface area contributed by atoms with Gasteiger partial charge in [-0.05, 0) is 87.0 Å². The molecule has 0 radical (unpaired) electrons. The van der Waals surface area contributed by atoms with E-state index < -0.39 is 0 Å². The van der Waals surface area contributed by atoms with Crippen LogP contribution in [0.4, 0.5) is 11.4 Å². The summed E-state index contributed by atoms with van der Waals surface area (Å²) in [7, 11) is 0. The number of piperazine rings is 1. The maximum Gasteiger partial charge on any atom is 0.0593 e. The predicted octanol–water partition coefficient (Wildman–Crippen LogP) is 5.52. The molecule has 0 atom stereocenters. The molecule has 3 fully saturated rings. The van der Waals surface area contributed by atoms with Gasteiger partial charge in [-0.1, -0.05) is 13.8 Å². The molecule has 174 valence electrons. The Morgan fingerprint density at radius 1 is 0.903 bits per heavy atom. The first-order valence-corrected chi connectivity index (χ1v) is 13.0. The van der Waals surface area contributed by atoms with E-state index in [0.717, 1.165) is 51.9 Å². The Balaban J connectivity index is 1.49. The number of benzene rings is 1. The molecule has 0 amide bonds. The lowest BCUT2D eigenvalue weighted by Crippen LogP contribution is -2.47. The van der Waals surface area contributed by atoms with Crippen LogP contribution in [0.15, 0.2) is 18.2 Å². The van der Waals surface area contributed by atoms with Crippen molar-refractivity contribution in [3.8, 4) is 0 Å². The molecule has 0 spiro atoms. The molecule has 3 aliphatic rings. The van der Waals surface area contributed by atoms with Crippen LogP contribution in [-0.2, 0) is 4.74 Å².